The number of hydrogen-bond donors (Lipinski definition) is 1. The highest BCUT2D eigenvalue weighted by molar-refractivity contribution is 7.18. The summed E-state index contributed by atoms with van der Waals surface area (Å²) < 4.78 is 2.50. The Kier molecular flexibility index (Phi) is 4.62. The van der Waals surface area contributed by atoms with Gasteiger partial charge in [0.15, 0.2) is 0 Å². The van der Waals surface area contributed by atoms with E-state index < -0.39 is 0 Å². The van der Waals surface area contributed by atoms with Crippen molar-refractivity contribution >= 4 is 27.3 Å². The summed E-state index contributed by atoms with van der Waals surface area (Å²) >= 11 is 1.61. The Hall–Kier alpha value is -1.62. The molecule has 0 spiro atoms. The lowest BCUT2D eigenvalue weighted by molar-refractivity contribution is -0.122. The van der Waals surface area contributed by atoms with Gasteiger partial charge in [-0.3, -0.25) is 9.59 Å². The van der Waals surface area contributed by atoms with Crippen LogP contribution in [0.5, 0.6) is 0 Å². The van der Waals surface area contributed by atoms with E-state index in [1.165, 1.54) is 30.3 Å². The predicted molar refractivity (Wildman–Crippen MR) is 90.5 cm³/mol. The lowest BCUT2D eigenvalue weighted by Crippen LogP contribution is -2.38. The van der Waals surface area contributed by atoms with Crippen LogP contribution in [0, 0.1) is 6.92 Å². The molecule has 0 radical (unpaired) electrons. The van der Waals surface area contributed by atoms with Crippen molar-refractivity contribution in [3.05, 3.63) is 33.6 Å². The molecule has 0 bridgehead atoms. The van der Waals surface area contributed by atoms with E-state index in [4.69, 9.17) is 0 Å². The van der Waals surface area contributed by atoms with Gasteiger partial charge >= 0.3 is 0 Å². The summed E-state index contributed by atoms with van der Waals surface area (Å²) in [6.07, 6.45) is 8.75. The standard InChI is InChI=1S/C17H22N2O2S/c1-12-10-14-15(22-12)8-9-19(17(14)21)11-16(20)18-13-6-4-2-3-5-7-13/h8-10,13H,2-7,11H2,1H3,(H,18,20). The van der Waals surface area contributed by atoms with E-state index in [1.807, 2.05) is 19.1 Å². The van der Waals surface area contributed by atoms with Crippen LogP contribution in [0.2, 0.25) is 0 Å². The van der Waals surface area contributed by atoms with E-state index in [2.05, 4.69) is 5.32 Å². The molecule has 1 N–H and O–H groups in total. The van der Waals surface area contributed by atoms with E-state index in [-0.39, 0.29) is 24.1 Å². The third kappa shape index (κ3) is 3.40. The smallest absolute Gasteiger partial charge is 0.259 e. The van der Waals surface area contributed by atoms with Crippen molar-refractivity contribution in [2.24, 2.45) is 0 Å². The molecule has 0 saturated heterocycles. The van der Waals surface area contributed by atoms with Gasteiger partial charge in [-0.05, 0) is 31.9 Å². The largest absolute Gasteiger partial charge is 0.352 e. The van der Waals surface area contributed by atoms with E-state index >= 15 is 0 Å². The number of pyridine rings is 1. The van der Waals surface area contributed by atoms with Gasteiger partial charge in [0.2, 0.25) is 5.91 Å². The van der Waals surface area contributed by atoms with Crippen LogP contribution in [0.15, 0.2) is 23.1 Å². The maximum absolute atomic E-state index is 12.4. The number of rotatable bonds is 3. The van der Waals surface area contributed by atoms with Crippen molar-refractivity contribution in [2.75, 3.05) is 0 Å². The molecule has 1 aliphatic carbocycles. The van der Waals surface area contributed by atoms with Crippen LogP contribution < -0.4 is 10.9 Å². The minimum Gasteiger partial charge on any atom is -0.352 e. The fourth-order valence-corrected chi connectivity index (χ4v) is 4.09. The summed E-state index contributed by atoms with van der Waals surface area (Å²) in [5.41, 5.74) is -0.0714. The molecular formula is C17H22N2O2S. The Morgan fingerprint density at radius 2 is 2.05 bits per heavy atom. The number of amides is 1. The Labute approximate surface area is 134 Å². The zero-order valence-corrected chi connectivity index (χ0v) is 13.7. The van der Waals surface area contributed by atoms with Gasteiger partial charge in [-0.2, -0.15) is 0 Å². The molecule has 118 valence electrons. The van der Waals surface area contributed by atoms with Crippen LogP contribution in [-0.4, -0.2) is 16.5 Å². The number of thiophene rings is 1. The van der Waals surface area contributed by atoms with Gasteiger partial charge in [-0.25, -0.2) is 0 Å². The molecule has 22 heavy (non-hydrogen) atoms. The number of aromatic nitrogens is 1. The van der Waals surface area contributed by atoms with Gasteiger partial charge in [0, 0.05) is 21.8 Å². The molecule has 1 amide bonds. The minimum atomic E-state index is -0.0714. The van der Waals surface area contributed by atoms with E-state index in [9.17, 15) is 9.59 Å². The first-order valence-corrected chi connectivity index (χ1v) is 8.84. The fraction of sp³-hybridized carbons (Fsp3) is 0.529. The minimum absolute atomic E-state index is 0.0553. The van der Waals surface area contributed by atoms with Crippen LogP contribution in [0.1, 0.15) is 43.4 Å². The fourth-order valence-electron chi connectivity index (χ4n) is 3.18. The molecule has 1 fully saturated rings. The van der Waals surface area contributed by atoms with Gasteiger partial charge in [-0.1, -0.05) is 25.7 Å². The lowest BCUT2D eigenvalue weighted by Gasteiger charge is -2.16. The van der Waals surface area contributed by atoms with Gasteiger partial charge in [0.25, 0.3) is 5.56 Å². The number of carbonyl (C=O) groups is 1. The van der Waals surface area contributed by atoms with Crippen LogP contribution >= 0.6 is 11.3 Å². The molecule has 3 rings (SSSR count). The zero-order valence-electron chi connectivity index (χ0n) is 12.9. The second kappa shape index (κ2) is 6.65. The number of nitrogens with one attached hydrogen (secondary N) is 1. The molecule has 0 atom stereocenters. The number of hydrogen-bond acceptors (Lipinski definition) is 3. The van der Waals surface area contributed by atoms with Gasteiger partial charge in [0.1, 0.15) is 6.54 Å². The molecule has 1 saturated carbocycles. The summed E-state index contributed by atoms with van der Waals surface area (Å²) in [7, 11) is 0. The highest BCUT2D eigenvalue weighted by Crippen LogP contribution is 2.21. The van der Waals surface area contributed by atoms with Crippen LogP contribution in [0.25, 0.3) is 10.1 Å². The number of aryl methyl sites for hydroxylation is 1. The van der Waals surface area contributed by atoms with Crippen molar-refractivity contribution < 1.29 is 4.79 Å². The van der Waals surface area contributed by atoms with E-state index in [0.29, 0.717) is 5.39 Å². The highest BCUT2D eigenvalue weighted by Gasteiger charge is 2.15. The maximum Gasteiger partial charge on any atom is 0.259 e. The van der Waals surface area contributed by atoms with Crippen molar-refractivity contribution in [1.82, 2.24) is 9.88 Å². The molecule has 1 aliphatic rings. The van der Waals surface area contributed by atoms with Gasteiger partial charge < -0.3 is 9.88 Å². The summed E-state index contributed by atoms with van der Waals surface area (Å²) in [6, 6.07) is 4.10. The molecule has 2 aromatic heterocycles. The van der Waals surface area contributed by atoms with Crippen LogP contribution in [0.3, 0.4) is 0 Å². The molecule has 2 heterocycles. The summed E-state index contributed by atoms with van der Waals surface area (Å²) in [5.74, 6) is -0.0553. The first kappa shape index (κ1) is 15.3. The Balaban J connectivity index is 1.70. The number of fused-ring (bicyclic) bond motifs is 1. The van der Waals surface area contributed by atoms with Gasteiger partial charge in [-0.15, -0.1) is 11.3 Å². The van der Waals surface area contributed by atoms with E-state index in [0.717, 1.165) is 22.4 Å². The van der Waals surface area contributed by atoms with Gasteiger partial charge in [0.05, 0.1) is 5.39 Å². The quantitative estimate of drug-likeness (QED) is 0.884. The monoisotopic (exact) mass is 318 g/mol. The lowest BCUT2D eigenvalue weighted by atomic mass is 10.1. The van der Waals surface area contributed by atoms with Crippen molar-refractivity contribution in [1.29, 1.82) is 0 Å². The molecule has 0 aromatic carbocycles. The third-order valence-electron chi connectivity index (χ3n) is 4.32. The van der Waals surface area contributed by atoms with Crippen LogP contribution in [0.4, 0.5) is 0 Å². The molecule has 5 heteroatoms. The predicted octanol–water partition coefficient (Wildman–Crippen LogP) is 3.21. The Bertz CT molecular complexity index is 724. The maximum atomic E-state index is 12.4. The Morgan fingerprint density at radius 3 is 2.77 bits per heavy atom. The first-order valence-electron chi connectivity index (χ1n) is 8.02. The average Bonchev–Trinajstić information content (AvgIpc) is 2.69. The van der Waals surface area contributed by atoms with Crippen molar-refractivity contribution in [3.63, 3.8) is 0 Å². The normalized spacial score (nSPS) is 16.6. The second-order valence-corrected chi connectivity index (χ2v) is 7.43. The first-order chi connectivity index (χ1) is 10.6. The summed E-state index contributed by atoms with van der Waals surface area (Å²) in [4.78, 5) is 25.8. The topological polar surface area (TPSA) is 51.1 Å². The van der Waals surface area contributed by atoms with Crippen molar-refractivity contribution in [2.45, 2.75) is 58.0 Å². The molecule has 0 unspecified atom stereocenters. The zero-order chi connectivity index (χ0) is 15.5. The highest BCUT2D eigenvalue weighted by atomic mass is 32.1. The Morgan fingerprint density at radius 1 is 1.32 bits per heavy atom. The molecule has 2 aromatic rings. The summed E-state index contributed by atoms with van der Waals surface area (Å²) in [5, 5.41) is 3.81. The van der Waals surface area contributed by atoms with Crippen molar-refractivity contribution in [3.8, 4) is 0 Å². The molecule has 4 nitrogen and oxygen atoms in total. The average molecular weight is 318 g/mol. The van der Waals surface area contributed by atoms with Crippen LogP contribution in [-0.2, 0) is 11.3 Å². The molecule has 0 aliphatic heterocycles. The molecular weight excluding hydrogens is 296 g/mol. The second-order valence-electron chi connectivity index (χ2n) is 6.14. The third-order valence-corrected chi connectivity index (χ3v) is 5.33. The van der Waals surface area contributed by atoms with E-state index in [1.54, 1.807) is 17.5 Å². The summed E-state index contributed by atoms with van der Waals surface area (Å²) in [6.45, 7) is 2.10. The SMILES string of the molecule is Cc1cc2c(=O)n(CC(=O)NC3CCCCCC3)ccc2s1. The number of carbonyl (C=O) groups excluding carboxylic acids is 1. The number of nitrogens with zero attached hydrogens (tertiary/aromatic N) is 1.